The van der Waals surface area contributed by atoms with E-state index in [9.17, 15) is 18.0 Å². The zero-order valence-electron chi connectivity index (χ0n) is 15.3. The Morgan fingerprint density at radius 2 is 1.68 bits per heavy atom. The minimum atomic E-state index is -3.86. The number of nitrogens with zero attached hydrogens (tertiary/aromatic N) is 1. The molecule has 0 saturated heterocycles. The molecule has 0 aliphatic carbocycles. The third-order valence-electron chi connectivity index (χ3n) is 3.78. The number of halogens is 2. The average molecular weight is 445 g/mol. The van der Waals surface area contributed by atoms with Crippen molar-refractivity contribution in [3.8, 4) is 0 Å². The molecule has 1 amide bonds. The molecule has 0 saturated carbocycles. The van der Waals surface area contributed by atoms with E-state index in [2.05, 4.69) is 5.32 Å². The summed E-state index contributed by atoms with van der Waals surface area (Å²) in [4.78, 5) is 24.6. The van der Waals surface area contributed by atoms with Crippen LogP contribution in [0.4, 0.5) is 11.4 Å². The quantitative estimate of drug-likeness (QED) is 0.687. The van der Waals surface area contributed by atoms with Gasteiger partial charge in [-0.3, -0.25) is 9.10 Å². The molecule has 2 rings (SSSR count). The lowest BCUT2D eigenvalue weighted by molar-refractivity contribution is -0.116. The number of sulfonamides is 1. The Balaban J connectivity index is 2.40. The van der Waals surface area contributed by atoms with E-state index in [0.717, 1.165) is 10.6 Å². The third kappa shape index (κ3) is 5.15. The predicted molar refractivity (Wildman–Crippen MR) is 110 cm³/mol. The molecule has 0 aromatic heterocycles. The predicted octanol–water partition coefficient (Wildman–Crippen LogP) is 3.57. The highest BCUT2D eigenvalue weighted by Gasteiger charge is 2.30. The number of ether oxygens (including phenoxy) is 1. The first kappa shape index (κ1) is 22.0. The summed E-state index contributed by atoms with van der Waals surface area (Å²) in [5.41, 5.74) is 0.481. The zero-order chi connectivity index (χ0) is 21.1. The van der Waals surface area contributed by atoms with Gasteiger partial charge in [-0.1, -0.05) is 35.3 Å². The summed E-state index contributed by atoms with van der Waals surface area (Å²) < 4.78 is 30.3. The van der Waals surface area contributed by atoms with Crippen molar-refractivity contribution < 1.29 is 22.7 Å². The number of esters is 1. The monoisotopic (exact) mass is 444 g/mol. The van der Waals surface area contributed by atoms with Crippen LogP contribution in [0.25, 0.3) is 0 Å². The Labute approximate surface area is 173 Å². The van der Waals surface area contributed by atoms with Crippen molar-refractivity contribution in [2.75, 3.05) is 23.0 Å². The molecule has 0 heterocycles. The largest absolute Gasteiger partial charge is 0.465 e. The van der Waals surface area contributed by atoms with E-state index in [4.69, 9.17) is 27.9 Å². The fourth-order valence-electron chi connectivity index (χ4n) is 2.59. The molecule has 2 aromatic carbocycles. The molecule has 0 unspecified atom stereocenters. The van der Waals surface area contributed by atoms with Gasteiger partial charge >= 0.3 is 5.97 Å². The van der Waals surface area contributed by atoms with E-state index in [1.165, 1.54) is 44.4 Å². The molecule has 1 atom stereocenters. The van der Waals surface area contributed by atoms with Crippen molar-refractivity contribution >= 4 is 56.5 Å². The highest BCUT2D eigenvalue weighted by Crippen LogP contribution is 2.29. The lowest BCUT2D eigenvalue weighted by Gasteiger charge is -2.28. The van der Waals surface area contributed by atoms with Crippen molar-refractivity contribution in [1.29, 1.82) is 0 Å². The molecule has 1 N–H and O–H groups in total. The molecule has 150 valence electrons. The van der Waals surface area contributed by atoms with Crippen molar-refractivity contribution in [1.82, 2.24) is 0 Å². The summed E-state index contributed by atoms with van der Waals surface area (Å²) in [6.07, 6.45) is 0.966. The molecule has 0 radical (unpaired) electrons. The fourth-order valence-corrected chi connectivity index (χ4v) is 4.27. The van der Waals surface area contributed by atoms with E-state index in [-0.39, 0.29) is 27.0 Å². The van der Waals surface area contributed by atoms with Gasteiger partial charge in [-0.2, -0.15) is 0 Å². The minimum Gasteiger partial charge on any atom is -0.465 e. The van der Waals surface area contributed by atoms with Crippen LogP contribution in [-0.4, -0.2) is 39.7 Å². The topological polar surface area (TPSA) is 92.8 Å². The van der Waals surface area contributed by atoms with E-state index >= 15 is 0 Å². The Morgan fingerprint density at radius 1 is 1.11 bits per heavy atom. The van der Waals surface area contributed by atoms with Crippen LogP contribution < -0.4 is 9.62 Å². The molecule has 0 bridgehead atoms. The van der Waals surface area contributed by atoms with Crippen LogP contribution in [0.5, 0.6) is 0 Å². The molecular weight excluding hydrogens is 427 g/mol. The Hall–Kier alpha value is -2.29. The van der Waals surface area contributed by atoms with Gasteiger partial charge in [0, 0.05) is 10.0 Å². The Bertz CT molecular complexity index is 991. The lowest BCUT2D eigenvalue weighted by atomic mass is 10.1. The molecule has 28 heavy (non-hydrogen) atoms. The number of amides is 1. The second-order valence-corrected chi connectivity index (χ2v) is 8.62. The minimum absolute atomic E-state index is 0.141. The van der Waals surface area contributed by atoms with Gasteiger partial charge in [0.1, 0.15) is 6.04 Å². The molecular formula is C18H18Cl2N2O5S. The van der Waals surface area contributed by atoms with E-state index in [1.807, 2.05) is 0 Å². The highest BCUT2D eigenvalue weighted by atomic mass is 35.5. The van der Waals surface area contributed by atoms with Crippen LogP contribution in [0, 0.1) is 0 Å². The molecule has 0 aliphatic heterocycles. The number of hydrogen-bond acceptors (Lipinski definition) is 5. The summed E-state index contributed by atoms with van der Waals surface area (Å²) in [6, 6.07) is 9.30. The van der Waals surface area contributed by atoms with E-state index in [0.29, 0.717) is 0 Å². The standard InChI is InChI=1S/C18H18Cl2N2O5S/c1-11(17(23)21-16-7-5-4-6-15(16)18(24)27-2)22(28(3,25)26)14-9-12(19)8-13(20)10-14/h4-11H,1-3H3,(H,21,23)/t11-/m1/s1. The number of methoxy groups -OCH3 is 1. The summed E-state index contributed by atoms with van der Waals surface area (Å²) in [5.74, 6) is -1.29. The van der Waals surface area contributed by atoms with Crippen LogP contribution in [0.3, 0.4) is 0 Å². The molecule has 7 nitrogen and oxygen atoms in total. The number of benzene rings is 2. The molecule has 0 fully saturated rings. The van der Waals surface area contributed by atoms with Gasteiger partial charge in [0.05, 0.1) is 30.3 Å². The first-order valence-electron chi connectivity index (χ1n) is 7.98. The average Bonchev–Trinajstić information content (AvgIpc) is 2.59. The number of carbonyl (C=O) groups excluding carboxylic acids is 2. The number of nitrogens with one attached hydrogen (secondary N) is 1. The smallest absolute Gasteiger partial charge is 0.339 e. The van der Waals surface area contributed by atoms with Crippen molar-refractivity contribution in [2.45, 2.75) is 13.0 Å². The van der Waals surface area contributed by atoms with Gasteiger partial charge in [-0.25, -0.2) is 13.2 Å². The van der Waals surface area contributed by atoms with Gasteiger partial charge in [0.15, 0.2) is 0 Å². The van der Waals surface area contributed by atoms with Crippen LogP contribution >= 0.6 is 23.2 Å². The fraction of sp³-hybridized carbons (Fsp3) is 0.222. The first-order chi connectivity index (χ1) is 13.0. The van der Waals surface area contributed by atoms with Gasteiger partial charge < -0.3 is 10.1 Å². The van der Waals surface area contributed by atoms with Crippen LogP contribution in [-0.2, 0) is 19.6 Å². The summed E-state index contributed by atoms with van der Waals surface area (Å²) in [5, 5.41) is 3.01. The first-order valence-corrected chi connectivity index (χ1v) is 10.6. The summed E-state index contributed by atoms with van der Waals surface area (Å²) in [6.45, 7) is 1.41. The van der Waals surface area contributed by atoms with Crippen molar-refractivity contribution in [2.24, 2.45) is 0 Å². The summed E-state index contributed by atoms with van der Waals surface area (Å²) >= 11 is 11.9. The second kappa shape index (κ2) is 8.81. The maximum Gasteiger partial charge on any atom is 0.339 e. The number of carbonyl (C=O) groups is 2. The number of para-hydroxylation sites is 1. The van der Waals surface area contributed by atoms with Gasteiger partial charge in [-0.05, 0) is 37.3 Å². The maximum atomic E-state index is 12.8. The van der Waals surface area contributed by atoms with Crippen molar-refractivity contribution in [3.63, 3.8) is 0 Å². The van der Waals surface area contributed by atoms with E-state index < -0.39 is 27.9 Å². The number of anilines is 2. The number of hydrogen-bond donors (Lipinski definition) is 1. The van der Waals surface area contributed by atoms with Crippen LogP contribution in [0.15, 0.2) is 42.5 Å². The second-order valence-electron chi connectivity index (χ2n) is 5.89. The van der Waals surface area contributed by atoms with Gasteiger partial charge in [-0.15, -0.1) is 0 Å². The Morgan fingerprint density at radius 3 is 2.21 bits per heavy atom. The number of rotatable bonds is 6. The normalized spacial score (nSPS) is 12.2. The lowest BCUT2D eigenvalue weighted by Crippen LogP contribution is -2.45. The summed E-state index contributed by atoms with van der Waals surface area (Å²) in [7, 11) is -2.64. The van der Waals surface area contributed by atoms with Gasteiger partial charge in [0.25, 0.3) is 0 Å². The Kier molecular flexibility index (Phi) is 6.92. The SMILES string of the molecule is COC(=O)c1ccccc1NC(=O)[C@@H](C)N(c1cc(Cl)cc(Cl)c1)S(C)(=O)=O. The van der Waals surface area contributed by atoms with Crippen molar-refractivity contribution in [3.05, 3.63) is 58.1 Å². The van der Waals surface area contributed by atoms with Crippen LogP contribution in [0.2, 0.25) is 10.0 Å². The zero-order valence-corrected chi connectivity index (χ0v) is 17.6. The van der Waals surface area contributed by atoms with E-state index in [1.54, 1.807) is 12.1 Å². The third-order valence-corrected chi connectivity index (χ3v) is 5.46. The molecule has 0 aliphatic rings. The molecule has 0 spiro atoms. The molecule has 2 aromatic rings. The van der Waals surface area contributed by atoms with Gasteiger partial charge in [0.2, 0.25) is 15.9 Å². The molecule has 10 heteroatoms. The maximum absolute atomic E-state index is 12.8. The van der Waals surface area contributed by atoms with Crippen LogP contribution in [0.1, 0.15) is 17.3 Å². The highest BCUT2D eigenvalue weighted by molar-refractivity contribution is 7.92.